The minimum Gasteiger partial charge on any atom is -0.368 e. The molecule has 25 heavy (non-hydrogen) atoms. The first-order valence-electron chi connectivity index (χ1n) is 7.11. The van der Waals surface area contributed by atoms with Crippen molar-refractivity contribution in [3.63, 3.8) is 0 Å². The van der Waals surface area contributed by atoms with Crippen molar-refractivity contribution in [2.24, 2.45) is 0 Å². The molecule has 0 aliphatic carbocycles. The van der Waals surface area contributed by atoms with Crippen LogP contribution in [0.2, 0.25) is 0 Å². The monoisotopic (exact) mass is 348 g/mol. The van der Waals surface area contributed by atoms with Crippen molar-refractivity contribution in [3.8, 4) is 11.5 Å². The van der Waals surface area contributed by atoms with Crippen molar-refractivity contribution in [2.45, 2.75) is 19.8 Å². The largest absolute Gasteiger partial charge is 0.368 e. The smallest absolute Gasteiger partial charge is 0.330 e. The molecule has 0 fully saturated rings. The lowest BCUT2D eigenvalue weighted by Crippen LogP contribution is -2.34. The molecule has 3 rings (SSSR count). The van der Waals surface area contributed by atoms with Gasteiger partial charge in [0.25, 0.3) is 0 Å². The number of rotatable bonds is 3. The molecule has 0 aromatic carbocycles. The number of hydrogen-bond donors (Lipinski definition) is 6. The highest BCUT2D eigenvalue weighted by atomic mass is 16.2. The summed E-state index contributed by atoms with van der Waals surface area (Å²) < 4.78 is 0. The lowest BCUT2D eigenvalue weighted by atomic mass is 10.3. The normalized spacial score (nSPS) is 10.1. The molecule has 0 radical (unpaired) electrons. The van der Waals surface area contributed by atoms with E-state index in [1.54, 1.807) is 21.1 Å². The van der Waals surface area contributed by atoms with E-state index >= 15 is 0 Å². The zero-order valence-corrected chi connectivity index (χ0v) is 13.2. The van der Waals surface area contributed by atoms with Gasteiger partial charge in [0, 0.05) is 6.42 Å². The van der Waals surface area contributed by atoms with Crippen LogP contribution in [0.3, 0.4) is 0 Å². The third-order valence-electron chi connectivity index (χ3n) is 2.71. The van der Waals surface area contributed by atoms with Crippen molar-refractivity contribution in [1.29, 1.82) is 0 Å². The Bertz CT molecular complexity index is 916. The van der Waals surface area contributed by atoms with Gasteiger partial charge in [-0.25, -0.2) is 19.4 Å². The summed E-state index contributed by atoms with van der Waals surface area (Å²) in [6, 6.07) is 0. The summed E-state index contributed by atoms with van der Waals surface area (Å²) >= 11 is 0. The highest BCUT2D eigenvalue weighted by molar-refractivity contribution is 5.51. The number of aromatic nitrogens is 8. The lowest BCUT2D eigenvalue weighted by molar-refractivity contribution is 0.856. The van der Waals surface area contributed by atoms with Gasteiger partial charge in [-0.3, -0.25) is 15.0 Å². The van der Waals surface area contributed by atoms with Crippen LogP contribution in [0.25, 0.3) is 11.5 Å². The van der Waals surface area contributed by atoms with Gasteiger partial charge < -0.3 is 16.5 Å². The van der Waals surface area contributed by atoms with E-state index in [1.807, 2.05) is 0 Å². The molecule has 13 nitrogen and oxygen atoms in total. The minimum atomic E-state index is -0.802. The molecule has 0 bridgehead atoms. The van der Waals surface area contributed by atoms with Crippen molar-refractivity contribution >= 4 is 11.9 Å². The van der Waals surface area contributed by atoms with E-state index in [-0.39, 0.29) is 11.9 Å². The summed E-state index contributed by atoms with van der Waals surface area (Å²) in [4.78, 5) is 54.9. The Morgan fingerprint density at radius 2 is 1.40 bits per heavy atom. The summed E-state index contributed by atoms with van der Waals surface area (Å²) in [6.45, 7) is 2.08. The number of imidazole rings is 1. The van der Waals surface area contributed by atoms with Crippen LogP contribution in [0.1, 0.15) is 19.2 Å². The minimum absolute atomic E-state index is 0.106. The fourth-order valence-electron chi connectivity index (χ4n) is 1.77. The highest BCUT2D eigenvalue weighted by Gasteiger charge is 2.08. The summed E-state index contributed by atoms with van der Waals surface area (Å²) in [7, 11) is 0. The average molecular weight is 348 g/mol. The Morgan fingerprint density at radius 1 is 0.880 bits per heavy atom. The van der Waals surface area contributed by atoms with Crippen molar-refractivity contribution in [1.82, 2.24) is 39.9 Å². The average Bonchev–Trinajstić information content (AvgIpc) is 2.94. The molecule has 0 spiro atoms. The highest BCUT2D eigenvalue weighted by Crippen LogP contribution is 2.14. The van der Waals surface area contributed by atoms with Crippen LogP contribution in [0.4, 0.5) is 11.9 Å². The molecule has 13 heteroatoms. The van der Waals surface area contributed by atoms with Crippen molar-refractivity contribution in [3.05, 3.63) is 43.5 Å². The number of aromatic amines is 4. The first-order valence-corrected chi connectivity index (χ1v) is 7.11. The fourth-order valence-corrected chi connectivity index (χ4v) is 1.77. The van der Waals surface area contributed by atoms with Gasteiger partial charge in [-0.1, -0.05) is 6.92 Å². The molecule has 0 aliphatic heterocycles. The Hall–Kier alpha value is -3.77. The first-order chi connectivity index (χ1) is 11.9. The van der Waals surface area contributed by atoms with E-state index in [9.17, 15) is 14.4 Å². The maximum Gasteiger partial charge on any atom is 0.330 e. The number of hydrogen-bond acceptors (Lipinski definition) is 9. The van der Waals surface area contributed by atoms with Crippen LogP contribution in [0.15, 0.2) is 20.6 Å². The van der Waals surface area contributed by atoms with Gasteiger partial charge in [0.1, 0.15) is 11.5 Å². The fraction of sp³-hybridized carbons (Fsp3) is 0.250. The number of aryl methyl sites for hydroxylation is 1. The van der Waals surface area contributed by atoms with Gasteiger partial charge in [0.2, 0.25) is 11.9 Å². The second-order valence-corrected chi connectivity index (χ2v) is 4.73. The van der Waals surface area contributed by atoms with Crippen molar-refractivity contribution in [2.75, 3.05) is 11.5 Å². The molecule has 8 N–H and O–H groups in total. The lowest BCUT2D eigenvalue weighted by Gasteiger charge is -1.98. The van der Waals surface area contributed by atoms with Crippen LogP contribution < -0.4 is 28.5 Å². The van der Waals surface area contributed by atoms with E-state index in [0.717, 1.165) is 18.7 Å². The number of nitrogen functional groups attached to an aromatic ring is 2. The zero-order chi connectivity index (χ0) is 18.4. The second-order valence-electron chi connectivity index (χ2n) is 4.73. The number of nitrogens with one attached hydrogen (secondary N) is 4. The summed E-state index contributed by atoms with van der Waals surface area (Å²) in [5.74, 6) is 1.53. The molecule has 3 aromatic rings. The Kier molecular flexibility index (Phi) is 5.39. The number of nitrogens with zero attached hydrogens (tertiary/aromatic N) is 4. The van der Waals surface area contributed by atoms with E-state index in [4.69, 9.17) is 11.5 Å². The second kappa shape index (κ2) is 7.67. The van der Waals surface area contributed by atoms with Crippen LogP contribution in [0, 0.1) is 0 Å². The quantitative estimate of drug-likeness (QED) is 0.312. The van der Waals surface area contributed by atoms with Crippen LogP contribution in [0.5, 0.6) is 0 Å². The van der Waals surface area contributed by atoms with Gasteiger partial charge in [-0.05, 0) is 6.42 Å². The molecule has 0 aliphatic rings. The molecule has 0 saturated carbocycles. The Balaban J connectivity index is 0.000000212. The number of H-pyrrole nitrogens is 4. The van der Waals surface area contributed by atoms with Gasteiger partial charge in [0.05, 0.1) is 6.20 Å². The SMILES string of the molecule is CCCc1ncc(-c2nc(N)nc(N)n2)[nH]1.O=c1[nH]c(=O)[nH]c(=O)[nH]1. The maximum absolute atomic E-state index is 10.2. The first kappa shape index (κ1) is 17.6. The number of nitrogens with two attached hydrogens (primary N) is 2. The van der Waals surface area contributed by atoms with Crippen LogP contribution in [-0.2, 0) is 6.42 Å². The Morgan fingerprint density at radius 3 is 1.88 bits per heavy atom. The maximum atomic E-state index is 10.2. The molecule has 3 aromatic heterocycles. The Labute approximate surface area is 139 Å². The molecule has 0 atom stereocenters. The van der Waals surface area contributed by atoms with Gasteiger partial charge in [0.15, 0.2) is 5.82 Å². The van der Waals surface area contributed by atoms with Crippen LogP contribution >= 0.6 is 0 Å². The van der Waals surface area contributed by atoms with Gasteiger partial charge in [-0.15, -0.1) is 0 Å². The van der Waals surface area contributed by atoms with Gasteiger partial charge >= 0.3 is 17.1 Å². The van der Waals surface area contributed by atoms with E-state index < -0.39 is 17.1 Å². The van der Waals surface area contributed by atoms with E-state index in [2.05, 4.69) is 31.8 Å². The zero-order valence-electron chi connectivity index (χ0n) is 13.2. The summed E-state index contributed by atoms with van der Waals surface area (Å²) in [5.41, 5.74) is 9.26. The molecule has 132 valence electrons. The van der Waals surface area contributed by atoms with E-state index in [0.29, 0.717) is 11.5 Å². The third-order valence-corrected chi connectivity index (χ3v) is 2.71. The molecular formula is C12H16N10O3. The summed E-state index contributed by atoms with van der Waals surface area (Å²) in [6.07, 6.45) is 3.57. The molecule has 0 unspecified atom stereocenters. The standard InChI is InChI=1S/C9H13N7.C3H3N3O3/c1-2-3-6-12-4-5(13-6)7-14-8(10)16-9(11)15-7;7-1-4-2(8)6-3(9)5-1/h4H,2-3H2,1H3,(H,12,13)(H4,10,11,14,15,16);(H3,4,5,6,7,8,9). The molecule has 0 amide bonds. The van der Waals surface area contributed by atoms with E-state index in [1.165, 1.54) is 0 Å². The number of anilines is 2. The molecular weight excluding hydrogens is 332 g/mol. The van der Waals surface area contributed by atoms with Gasteiger partial charge in [-0.2, -0.15) is 15.0 Å². The molecule has 3 heterocycles. The van der Waals surface area contributed by atoms with Crippen LogP contribution in [-0.4, -0.2) is 39.9 Å². The topological polar surface area (TPSA) is 218 Å². The van der Waals surface area contributed by atoms with Crippen molar-refractivity contribution < 1.29 is 0 Å². The third kappa shape index (κ3) is 5.12. The predicted molar refractivity (Wildman–Crippen MR) is 88.5 cm³/mol. The summed E-state index contributed by atoms with van der Waals surface area (Å²) in [5, 5.41) is 0. The predicted octanol–water partition coefficient (Wildman–Crippen LogP) is -1.87. The molecule has 0 saturated heterocycles.